The number of para-hydroxylation sites is 2. The first-order valence-electron chi connectivity index (χ1n) is 10.3. The molecule has 1 N–H and O–H groups in total. The van der Waals surface area contributed by atoms with Crippen LogP contribution in [0.5, 0.6) is 5.75 Å². The second-order valence-electron chi connectivity index (χ2n) is 6.86. The summed E-state index contributed by atoms with van der Waals surface area (Å²) in [5.74, 6) is 0.804. The summed E-state index contributed by atoms with van der Waals surface area (Å²) < 4.78 is 11.3. The lowest BCUT2D eigenvalue weighted by atomic mass is 10.2. The Hall–Kier alpha value is -2.80. The second-order valence-corrected chi connectivity index (χ2v) is 7.79. The molecular formula is C23H27N3O3S. The van der Waals surface area contributed by atoms with Gasteiger partial charge in [-0.1, -0.05) is 56.5 Å². The average molecular weight is 426 g/mol. The monoisotopic (exact) mass is 425 g/mol. The van der Waals surface area contributed by atoms with E-state index in [0.717, 1.165) is 29.9 Å². The summed E-state index contributed by atoms with van der Waals surface area (Å²) in [7, 11) is 0. The number of carbonyl (C=O) groups excluding carboxylic acids is 1. The minimum absolute atomic E-state index is 0.176. The lowest BCUT2D eigenvalue weighted by Crippen LogP contribution is -2.19. The topological polar surface area (TPSA) is 76.7 Å². The van der Waals surface area contributed by atoms with Crippen molar-refractivity contribution in [1.82, 2.24) is 10.4 Å². The highest BCUT2D eigenvalue weighted by molar-refractivity contribution is 7.99. The number of fused-ring (bicyclic) bond motifs is 1. The fraction of sp³-hybridized carbons (Fsp3) is 0.348. The Morgan fingerprint density at radius 1 is 1.13 bits per heavy atom. The molecule has 0 aliphatic carbocycles. The van der Waals surface area contributed by atoms with E-state index >= 15 is 0 Å². The zero-order chi connectivity index (χ0) is 21.0. The lowest BCUT2D eigenvalue weighted by molar-refractivity contribution is -0.118. The summed E-state index contributed by atoms with van der Waals surface area (Å²) in [5, 5.41) is 4.47. The molecule has 3 rings (SSSR count). The zero-order valence-electron chi connectivity index (χ0n) is 17.2. The molecule has 3 aromatic rings. The first-order chi connectivity index (χ1) is 14.7. The van der Waals surface area contributed by atoms with Crippen LogP contribution in [0.4, 0.5) is 0 Å². The maximum absolute atomic E-state index is 12.0. The van der Waals surface area contributed by atoms with E-state index < -0.39 is 0 Å². The van der Waals surface area contributed by atoms with E-state index in [4.69, 9.17) is 9.15 Å². The minimum atomic E-state index is -0.221. The third-order valence-corrected chi connectivity index (χ3v) is 5.23. The van der Waals surface area contributed by atoms with Crippen molar-refractivity contribution in [2.45, 2.75) is 44.3 Å². The average Bonchev–Trinajstić information content (AvgIpc) is 3.19. The third kappa shape index (κ3) is 7.22. The molecule has 6 nitrogen and oxygen atoms in total. The van der Waals surface area contributed by atoms with Gasteiger partial charge in [-0.25, -0.2) is 10.4 Å². The van der Waals surface area contributed by atoms with Gasteiger partial charge in [0.2, 0.25) is 0 Å². The van der Waals surface area contributed by atoms with Gasteiger partial charge in [-0.15, -0.1) is 0 Å². The number of hydrogen-bond donors (Lipinski definition) is 1. The predicted molar refractivity (Wildman–Crippen MR) is 121 cm³/mol. The maximum Gasteiger partial charge on any atom is 0.257 e. The molecule has 0 atom stereocenters. The van der Waals surface area contributed by atoms with Crippen LogP contribution in [0.3, 0.4) is 0 Å². The van der Waals surface area contributed by atoms with Crippen LogP contribution in [0.2, 0.25) is 0 Å². The molecule has 0 saturated heterocycles. The molecule has 0 aliphatic rings. The summed E-state index contributed by atoms with van der Waals surface area (Å²) in [4.78, 5) is 16.3. The number of hydrazone groups is 1. The standard InChI is InChI=1S/C23H27N3O3S/c1-2-3-4-5-8-15-28-19-13-11-18(12-14-19)16-24-26-22(27)17-30-23-25-20-9-6-7-10-21(20)29-23/h6-7,9-14,16H,2-5,8,15,17H2,1H3,(H,26,27)/b24-16-. The van der Waals surface area contributed by atoms with Crippen LogP contribution in [0.15, 0.2) is 63.3 Å². The van der Waals surface area contributed by atoms with Crippen LogP contribution in [0.1, 0.15) is 44.6 Å². The molecule has 0 bridgehead atoms. The van der Waals surface area contributed by atoms with Crippen molar-refractivity contribution >= 4 is 35.0 Å². The van der Waals surface area contributed by atoms with Gasteiger partial charge in [-0.05, 0) is 48.4 Å². The first-order valence-corrected chi connectivity index (χ1v) is 11.3. The molecule has 1 heterocycles. The number of hydrogen-bond acceptors (Lipinski definition) is 6. The Balaban J connectivity index is 1.35. The van der Waals surface area contributed by atoms with E-state index in [0.29, 0.717) is 10.8 Å². The highest BCUT2D eigenvalue weighted by Crippen LogP contribution is 2.22. The van der Waals surface area contributed by atoms with Crippen molar-refractivity contribution < 1.29 is 13.9 Å². The van der Waals surface area contributed by atoms with Gasteiger partial charge in [-0.3, -0.25) is 4.79 Å². The molecule has 0 aliphatic heterocycles. The van der Waals surface area contributed by atoms with Gasteiger partial charge in [0.05, 0.1) is 18.6 Å². The highest BCUT2D eigenvalue weighted by atomic mass is 32.2. The van der Waals surface area contributed by atoms with E-state index in [1.165, 1.54) is 37.4 Å². The molecule has 0 fully saturated rings. The summed E-state index contributed by atoms with van der Waals surface area (Å²) in [6, 6.07) is 15.2. The van der Waals surface area contributed by atoms with Crippen LogP contribution in [0.25, 0.3) is 11.1 Å². The quantitative estimate of drug-likeness (QED) is 0.181. The number of oxazole rings is 1. The van der Waals surface area contributed by atoms with E-state index in [2.05, 4.69) is 22.4 Å². The number of thioether (sulfide) groups is 1. The third-order valence-electron chi connectivity index (χ3n) is 4.40. The van der Waals surface area contributed by atoms with Gasteiger partial charge in [0, 0.05) is 0 Å². The Labute approximate surface area is 181 Å². The normalized spacial score (nSPS) is 11.2. The zero-order valence-corrected chi connectivity index (χ0v) is 18.0. The largest absolute Gasteiger partial charge is 0.494 e. The molecule has 7 heteroatoms. The van der Waals surface area contributed by atoms with Crippen molar-refractivity contribution in [1.29, 1.82) is 0 Å². The Morgan fingerprint density at radius 2 is 1.93 bits per heavy atom. The van der Waals surface area contributed by atoms with Gasteiger partial charge in [0.25, 0.3) is 11.1 Å². The summed E-state index contributed by atoms with van der Waals surface area (Å²) in [6.45, 7) is 2.96. The van der Waals surface area contributed by atoms with Crippen molar-refractivity contribution in [3.8, 4) is 5.75 Å². The van der Waals surface area contributed by atoms with Gasteiger partial charge in [-0.2, -0.15) is 5.10 Å². The van der Waals surface area contributed by atoms with Gasteiger partial charge >= 0.3 is 0 Å². The fourth-order valence-corrected chi connectivity index (χ4v) is 3.43. The molecule has 0 radical (unpaired) electrons. The Bertz CT molecular complexity index is 921. The van der Waals surface area contributed by atoms with E-state index in [1.54, 1.807) is 6.21 Å². The number of ether oxygens (including phenoxy) is 1. The highest BCUT2D eigenvalue weighted by Gasteiger charge is 2.08. The summed E-state index contributed by atoms with van der Waals surface area (Å²) in [5.41, 5.74) is 4.89. The van der Waals surface area contributed by atoms with Gasteiger partial charge in [0.15, 0.2) is 5.58 Å². The molecule has 1 amide bonds. The first kappa shape index (κ1) is 21.9. The molecule has 30 heavy (non-hydrogen) atoms. The number of nitrogens with one attached hydrogen (secondary N) is 1. The van der Waals surface area contributed by atoms with Crippen molar-refractivity contribution in [2.24, 2.45) is 5.10 Å². The van der Waals surface area contributed by atoms with Crippen molar-refractivity contribution in [2.75, 3.05) is 12.4 Å². The van der Waals surface area contributed by atoms with E-state index in [9.17, 15) is 4.79 Å². The number of aromatic nitrogens is 1. The molecular weight excluding hydrogens is 398 g/mol. The lowest BCUT2D eigenvalue weighted by Gasteiger charge is -2.06. The van der Waals surface area contributed by atoms with Gasteiger partial charge in [0.1, 0.15) is 11.3 Å². The number of unbranched alkanes of at least 4 members (excludes halogenated alkanes) is 4. The fourth-order valence-electron chi connectivity index (χ4n) is 2.80. The number of benzene rings is 2. The second kappa shape index (κ2) is 12.0. The van der Waals surface area contributed by atoms with E-state index in [1.807, 2.05) is 48.5 Å². The molecule has 0 saturated carbocycles. The molecule has 158 valence electrons. The maximum atomic E-state index is 12.0. The van der Waals surface area contributed by atoms with Crippen LogP contribution in [-0.4, -0.2) is 29.5 Å². The Morgan fingerprint density at radius 3 is 2.73 bits per heavy atom. The van der Waals surface area contributed by atoms with Crippen LogP contribution < -0.4 is 10.2 Å². The van der Waals surface area contributed by atoms with Crippen LogP contribution in [0, 0.1) is 0 Å². The molecule has 1 aromatic heterocycles. The van der Waals surface area contributed by atoms with E-state index in [-0.39, 0.29) is 11.7 Å². The van der Waals surface area contributed by atoms with Crippen molar-refractivity contribution in [3.63, 3.8) is 0 Å². The van der Waals surface area contributed by atoms with Crippen LogP contribution in [-0.2, 0) is 4.79 Å². The number of amides is 1. The Kier molecular flexibility index (Phi) is 8.78. The number of rotatable bonds is 12. The minimum Gasteiger partial charge on any atom is -0.494 e. The number of carbonyl (C=O) groups is 1. The SMILES string of the molecule is CCCCCCCOc1ccc(/C=N\NC(=O)CSc2nc3ccccc3o2)cc1. The predicted octanol–water partition coefficient (Wildman–Crippen LogP) is 5.42. The smallest absolute Gasteiger partial charge is 0.257 e. The molecule has 0 unspecified atom stereocenters. The van der Waals surface area contributed by atoms with Gasteiger partial charge < -0.3 is 9.15 Å². The molecule has 2 aromatic carbocycles. The summed E-state index contributed by atoms with van der Waals surface area (Å²) >= 11 is 1.24. The molecule has 0 spiro atoms. The summed E-state index contributed by atoms with van der Waals surface area (Å²) in [6.07, 6.45) is 7.71. The van der Waals surface area contributed by atoms with Crippen molar-refractivity contribution in [3.05, 3.63) is 54.1 Å². The number of nitrogens with zero attached hydrogens (tertiary/aromatic N) is 2. The van der Waals surface area contributed by atoms with Crippen LogP contribution >= 0.6 is 11.8 Å².